The molecule has 2 heterocycles. The van der Waals surface area contributed by atoms with Gasteiger partial charge in [0.1, 0.15) is 11.5 Å². The normalized spacial score (nSPS) is 22.2. The molecule has 2 aromatic rings. The van der Waals surface area contributed by atoms with Gasteiger partial charge < -0.3 is 14.3 Å². The summed E-state index contributed by atoms with van der Waals surface area (Å²) in [6.07, 6.45) is 0.389. The van der Waals surface area contributed by atoms with E-state index < -0.39 is 0 Å². The highest BCUT2D eigenvalue weighted by Gasteiger charge is 2.33. The number of aliphatic hydroxyl groups is 1. The van der Waals surface area contributed by atoms with Gasteiger partial charge in [0.15, 0.2) is 0 Å². The molecular formula is C17H22N2O3. The number of aliphatic hydroxyl groups excluding tert-OH is 1. The summed E-state index contributed by atoms with van der Waals surface area (Å²) in [5.41, 5.74) is 2.07. The standard InChI is InChI=1S/C17H22N2O3/c1-11-12(2)22-17(18-11)10-19-9-14(20)8-16(19)13-5-4-6-15(7-13)21-3/h4-7,14,16,20H,8-10H2,1-3H3/t14-,16+/m0/s1. The number of oxazole rings is 1. The lowest BCUT2D eigenvalue weighted by atomic mass is 10.0. The summed E-state index contributed by atoms with van der Waals surface area (Å²) in [7, 11) is 1.67. The molecule has 118 valence electrons. The summed E-state index contributed by atoms with van der Waals surface area (Å²) >= 11 is 0. The second-order valence-electron chi connectivity index (χ2n) is 5.86. The first-order valence-corrected chi connectivity index (χ1v) is 7.56. The van der Waals surface area contributed by atoms with E-state index in [-0.39, 0.29) is 12.1 Å². The van der Waals surface area contributed by atoms with Crippen molar-refractivity contribution in [1.82, 2.24) is 9.88 Å². The molecule has 1 fully saturated rings. The summed E-state index contributed by atoms with van der Waals surface area (Å²) in [6, 6.07) is 8.17. The van der Waals surface area contributed by atoms with Gasteiger partial charge in [-0.05, 0) is 38.0 Å². The summed E-state index contributed by atoms with van der Waals surface area (Å²) in [4.78, 5) is 6.66. The molecule has 0 spiro atoms. The molecule has 1 aromatic carbocycles. The van der Waals surface area contributed by atoms with Gasteiger partial charge in [-0.3, -0.25) is 4.90 Å². The van der Waals surface area contributed by atoms with Gasteiger partial charge in [0.05, 0.1) is 25.5 Å². The Hall–Kier alpha value is -1.85. The van der Waals surface area contributed by atoms with Crippen LogP contribution in [-0.4, -0.2) is 34.7 Å². The maximum Gasteiger partial charge on any atom is 0.208 e. The molecule has 1 aliphatic rings. The zero-order valence-electron chi connectivity index (χ0n) is 13.2. The number of methoxy groups -OCH3 is 1. The van der Waals surface area contributed by atoms with Crippen LogP contribution in [-0.2, 0) is 6.54 Å². The van der Waals surface area contributed by atoms with Crippen molar-refractivity contribution in [2.24, 2.45) is 0 Å². The number of aromatic nitrogens is 1. The quantitative estimate of drug-likeness (QED) is 0.941. The van der Waals surface area contributed by atoms with E-state index in [9.17, 15) is 5.11 Å². The summed E-state index contributed by atoms with van der Waals surface area (Å²) in [5, 5.41) is 10.1. The van der Waals surface area contributed by atoms with Crippen LogP contribution < -0.4 is 4.74 Å². The molecule has 1 N–H and O–H groups in total. The van der Waals surface area contributed by atoms with Gasteiger partial charge in [-0.1, -0.05) is 12.1 Å². The molecule has 1 aliphatic heterocycles. The number of hydrogen-bond acceptors (Lipinski definition) is 5. The number of likely N-dealkylation sites (tertiary alicyclic amines) is 1. The Morgan fingerprint density at radius 3 is 2.91 bits per heavy atom. The van der Waals surface area contributed by atoms with Gasteiger partial charge in [0.25, 0.3) is 0 Å². The van der Waals surface area contributed by atoms with E-state index >= 15 is 0 Å². The van der Waals surface area contributed by atoms with Crippen molar-refractivity contribution < 1.29 is 14.3 Å². The molecular weight excluding hydrogens is 280 g/mol. The number of aryl methyl sites for hydroxylation is 2. The van der Waals surface area contributed by atoms with Gasteiger partial charge in [-0.25, -0.2) is 4.98 Å². The van der Waals surface area contributed by atoms with Gasteiger partial charge >= 0.3 is 0 Å². The third kappa shape index (κ3) is 3.00. The summed E-state index contributed by atoms with van der Waals surface area (Å²) in [5.74, 6) is 2.39. The van der Waals surface area contributed by atoms with Gasteiger partial charge in [0.2, 0.25) is 5.89 Å². The van der Waals surface area contributed by atoms with Crippen molar-refractivity contribution in [2.75, 3.05) is 13.7 Å². The second kappa shape index (κ2) is 6.10. The minimum absolute atomic E-state index is 0.151. The molecule has 0 radical (unpaired) electrons. The Morgan fingerprint density at radius 1 is 1.41 bits per heavy atom. The molecule has 2 atom stereocenters. The fourth-order valence-electron chi connectivity index (χ4n) is 3.03. The molecule has 0 saturated carbocycles. The molecule has 22 heavy (non-hydrogen) atoms. The lowest BCUT2D eigenvalue weighted by Gasteiger charge is -2.23. The Kier molecular flexibility index (Phi) is 4.18. The number of rotatable bonds is 4. The summed E-state index contributed by atoms with van der Waals surface area (Å²) in [6.45, 7) is 5.10. The van der Waals surface area contributed by atoms with E-state index in [1.165, 1.54) is 0 Å². The molecule has 1 saturated heterocycles. The van der Waals surface area contributed by atoms with Gasteiger partial charge in [-0.15, -0.1) is 0 Å². The van der Waals surface area contributed by atoms with E-state index in [2.05, 4.69) is 16.0 Å². The molecule has 0 aliphatic carbocycles. The number of β-amino-alcohol motifs (C(OH)–C–C–N with tert-alkyl or cyclic N) is 1. The predicted molar refractivity (Wildman–Crippen MR) is 82.7 cm³/mol. The van der Waals surface area contributed by atoms with Crippen LogP contribution in [0.5, 0.6) is 5.75 Å². The largest absolute Gasteiger partial charge is 0.497 e. The van der Waals surface area contributed by atoms with Crippen LogP contribution in [0.2, 0.25) is 0 Å². The van der Waals surface area contributed by atoms with Crippen molar-refractivity contribution in [1.29, 1.82) is 0 Å². The fourth-order valence-corrected chi connectivity index (χ4v) is 3.03. The molecule has 0 amide bonds. The molecule has 0 bridgehead atoms. The van der Waals surface area contributed by atoms with Gasteiger partial charge in [-0.2, -0.15) is 0 Å². The molecule has 0 unspecified atom stereocenters. The van der Waals surface area contributed by atoms with Crippen LogP contribution in [0.15, 0.2) is 28.7 Å². The van der Waals surface area contributed by atoms with Crippen molar-refractivity contribution in [3.63, 3.8) is 0 Å². The first-order chi connectivity index (χ1) is 10.6. The average molecular weight is 302 g/mol. The SMILES string of the molecule is COc1cccc([C@H]2C[C@H](O)CN2Cc2nc(C)c(C)o2)c1. The maximum atomic E-state index is 10.1. The minimum atomic E-state index is -0.326. The Balaban J connectivity index is 1.82. The van der Waals surface area contributed by atoms with Gasteiger partial charge in [0, 0.05) is 12.6 Å². The van der Waals surface area contributed by atoms with Crippen molar-refractivity contribution in [3.05, 3.63) is 47.2 Å². The number of ether oxygens (including phenoxy) is 1. The number of nitrogens with zero attached hydrogens (tertiary/aromatic N) is 2. The van der Waals surface area contributed by atoms with E-state index in [1.54, 1.807) is 7.11 Å². The fraction of sp³-hybridized carbons (Fsp3) is 0.471. The first kappa shape index (κ1) is 15.1. The van der Waals surface area contributed by atoms with E-state index in [0.29, 0.717) is 25.4 Å². The smallest absolute Gasteiger partial charge is 0.208 e. The topological polar surface area (TPSA) is 58.7 Å². The van der Waals surface area contributed by atoms with E-state index in [0.717, 1.165) is 22.8 Å². The average Bonchev–Trinajstić information content (AvgIpc) is 3.02. The minimum Gasteiger partial charge on any atom is -0.497 e. The van der Waals surface area contributed by atoms with Crippen LogP contribution in [0, 0.1) is 13.8 Å². The monoisotopic (exact) mass is 302 g/mol. The van der Waals surface area contributed by atoms with E-state index in [4.69, 9.17) is 9.15 Å². The van der Waals surface area contributed by atoms with Crippen LogP contribution in [0.3, 0.4) is 0 Å². The summed E-state index contributed by atoms with van der Waals surface area (Å²) < 4.78 is 11.0. The highest BCUT2D eigenvalue weighted by molar-refractivity contribution is 5.31. The Labute approximate surface area is 130 Å². The third-order valence-corrected chi connectivity index (χ3v) is 4.27. The van der Waals surface area contributed by atoms with Crippen molar-refractivity contribution in [2.45, 2.75) is 39.0 Å². The zero-order valence-corrected chi connectivity index (χ0v) is 13.2. The van der Waals surface area contributed by atoms with Crippen LogP contribution >= 0.6 is 0 Å². The number of hydrogen-bond donors (Lipinski definition) is 1. The van der Waals surface area contributed by atoms with Crippen LogP contribution in [0.4, 0.5) is 0 Å². The second-order valence-corrected chi connectivity index (χ2v) is 5.86. The lowest BCUT2D eigenvalue weighted by molar-refractivity contribution is 0.167. The molecule has 5 nitrogen and oxygen atoms in total. The van der Waals surface area contributed by atoms with Crippen LogP contribution in [0.25, 0.3) is 0 Å². The predicted octanol–water partition coefficient (Wildman–Crippen LogP) is 2.61. The maximum absolute atomic E-state index is 10.1. The molecule has 3 rings (SSSR count). The molecule has 5 heteroatoms. The van der Waals surface area contributed by atoms with Crippen molar-refractivity contribution >= 4 is 0 Å². The molecule has 1 aromatic heterocycles. The third-order valence-electron chi connectivity index (χ3n) is 4.27. The van der Waals surface area contributed by atoms with E-state index in [1.807, 2.05) is 32.0 Å². The zero-order chi connectivity index (χ0) is 15.7. The number of benzene rings is 1. The van der Waals surface area contributed by atoms with Crippen molar-refractivity contribution in [3.8, 4) is 5.75 Å². The lowest BCUT2D eigenvalue weighted by Crippen LogP contribution is -2.24. The first-order valence-electron chi connectivity index (χ1n) is 7.56. The Bertz CT molecular complexity index is 634. The van der Waals surface area contributed by atoms with Crippen LogP contribution in [0.1, 0.15) is 35.4 Å². The highest BCUT2D eigenvalue weighted by Crippen LogP contribution is 2.34. The highest BCUT2D eigenvalue weighted by atomic mass is 16.5. The Morgan fingerprint density at radius 2 is 2.23 bits per heavy atom.